The summed E-state index contributed by atoms with van der Waals surface area (Å²) in [5.74, 6) is -1.36. The molecule has 0 aromatic heterocycles. The molecule has 6 heteroatoms. The van der Waals surface area contributed by atoms with Gasteiger partial charge in [-0.25, -0.2) is 0 Å². The van der Waals surface area contributed by atoms with Crippen molar-refractivity contribution in [3.8, 4) is 0 Å². The number of hydrazine groups is 1. The van der Waals surface area contributed by atoms with Gasteiger partial charge < -0.3 is 4.90 Å². The number of carbonyl (C=O) groups excluding carboxylic acids is 3. The van der Waals surface area contributed by atoms with Gasteiger partial charge >= 0.3 is 0 Å². The maximum Gasteiger partial charge on any atom is 0.269 e. The predicted molar refractivity (Wildman–Crippen MR) is 117 cm³/mol. The fourth-order valence-electron chi connectivity index (χ4n) is 3.46. The third kappa shape index (κ3) is 4.87. The van der Waals surface area contributed by atoms with Gasteiger partial charge in [0.05, 0.1) is 5.92 Å². The van der Waals surface area contributed by atoms with Crippen LogP contribution in [-0.4, -0.2) is 24.3 Å². The van der Waals surface area contributed by atoms with Crippen molar-refractivity contribution in [2.24, 2.45) is 5.92 Å². The average molecular weight is 408 g/mol. The summed E-state index contributed by atoms with van der Waals surface area (Å²) in [5.41, 5.74) is 8.48. The van der Waals surface area contributed by atoms with Crippen molar-refractivity contribution in [3.05, 3.63) is 65.2 Å². The zero-order chi connectivity index (χ0) is 21.9. The Morgan fingerprint density at radius 3 is 2.20 bits per heavy atom. The van der Waals surface area contributed by atoms with Gasteiger partial charge in [-0.2, -0.15) is 0 Å². The summed E-state index contributed by atoms with van der Waals surface area (Å²) in [5, 5.41) is 0. The highest BCUT2D eigenvalue weighted by Crippen LogP contribution is 2.26. The molecule has 1 aliphatic rings. The lowest BCUT2D eigenvalue weighted by Gasteiger charge is -2.19. The van der Waals surface area contributed by atoms with Crippen LogP contribution in [0.3, 0.4) is 0 Å². The van der Waals surface area contributed by atoms with Crippen LogP contribution in [0.2, 0.25) is 0 Å². The Labute approximate surface area is 177 Å². The fourth-order valence-corrected chi connectivity index (χ4v) is 3.46. The van der Waals surface area contributed by atoms with Gasteiger partial charge in [0.2, 0.25) is 11.8 Å². The number of rotatable bonds is 4. The molecule has 1 aliphatic heterocycles. The Hall–Kier alpha value is -3.15. The number of nitrogens with one attached hydrogen (secondary N) is 2. The van der Waals surface area contributed by atoms with Crippen molar-refractivity contribution in [2.45, 2.75) is 46.0 Å². The van der Waals surface area contributed by atoms with E-state index < -0.39 is 5.92 Å². The maximum atomic E-state index is 12.5. The van der Waals surface area contributed by atoms with E-state index in [1.165, 1.54) is 5.56 Å². The smallest absolute Gasteiger partial charge is 0.269 e. The second-order valence-electron chi connectivity index (χ2n) is 8.70. The Morgan fingerprint density at radius 2 is 1.63 bits per heavy atom. The molecule has 0 saturated carbocycles. The quantitative estimate of drug-likeness (QED) is 0.763. The van der Waals surface area contributed by atoms with Gasteiger partial charge in [-0.05, 0) is 47.2 Å². The Bertz CT molecular complexity index is 928. The molecule has 0 unspecified atom stereocenters. The van der Waals surface area contributed by atoms with Crippen LogP contribution in [0.15, 0.2) is 48.5 Å². The van der Waals surface area contributed by atoms with Crippen LogP contribution in [0.5, 0.6) is 0 Å². The van der Waals surface area contributed by atoms with Crippen LogP contribution in [-0.2, 0) is 21.4 Å². The van der Waals surface area contributed by atoms with Crippen LogP contribution >= 0.6 is 0 Å². The first-order valence-corrected chi connectivity index (χ1v) is 10.3. The van der Waals surface area contributed by atoms with E-state index in [-0.39, 0.29) is 29.6 Å². The van der Waals surface area contributed by atoms with Crippen LogP contribution in [0, 0.1) is 5.92 Å². The molecule has 2 N–H and O–H groups in total. The van der Waals surface area contributed by atoms with Gasteiger partial charge in [-0.1, -0.05) is 52.0 Å². The molecule has 0 radical (unpaired) electrons. The zero-order valence-electron chi connectivity index (χ0n) is 18.0. The largest absolute Gasteiger partial charge is 0.312 e. The number of hydrogen-bond acceptors (Lipinski definition) is 3. The van der Waals surface area contributed by atoms with Gasteiger partial charge in [0.25, 0.3) is 5.91 Å². The summed E-state index contributed by atoms with van der Waals surface area (Å²) in [4.78, 5) is 38.8. The highest BCUT2D eigenvalue weighted by Gasteiger charge is 2.35. The number of aryl methyl sites for hydroxylation is 1. The molecule has 158 valence electrons. The molecule has 0 bridgehead atoms. The highest BCUT2D eigenvalue weighted by molar-refractivity contribution is 6.01. The standard InChI is InChI=1S/C24H29N3O3/c1-5-16-6-12-20(13-7-16)27-15-18(14-21(27)28)23(30)26-25-22(29)17-8-10-19(11-9-17)24(2,3)4/h6-13,18H,5,14-15H2,1-4H3,(H,25,29)(H,26,30)/t18-/m0/s1. The Morgan fingerprint density at radius 1 is 1.00 bits per heavy atom. The minimum absolute atomic E-state index is 0.000960. The minimum atomic E-state index is -0.507. The average Bonchev–Trinajstić information content (AvgIpc) is 3.13. The number of benzene rings is 2. The normalized spacial score (nSPS) is 16.5. The SMILES string of the molecule is CCc1ccc(N2C[C@@H](C(=O)NNC(=O)c3ccc(C(C)(C)C)cc3)CC2=O)cc1. The molecule has 1 heterocycles. The van der Waals surface area contributed by atoms with Crippen LogP contribution < -0.4 is 15.8 Å². The first kappa shape index (κ1) is 21.6. The maximum absolute atomic E-state index is 12.5. The van der Waals surface area contributed by atoms with Gasteiger partial charge in [0.15, 0.2) is 0 Å². The van der Waals surface area contributed by atoms with E-state index in [9.17, 15) is 14.4 Å². The van der Waals surface area contributed by atoms with Crippen LogP contribution in [0.25, 0.3) is 0 Å². The van der Waals surface area contributed by atoms with Crippen molar-refractivity contribution < 1.29 is 14.4 Å². The Kier molecular flexibility index (Phi) is 6.25. The summed E-state index contributed by atoms with van der Waals surface area (Å²) >= 11 is 0. The first-order valence-electron chi connectivity index (χ1n) is 10.3. The van der Waals surface area contributed by atoms with Gasteiger partial charge in [0.1, 0.15) is 0 Å². The molecule has 0 spiro atoms. The number of carbonyl (C=O) groups is 3. The van der Waals surface area contributed by atoms with E-state index in [0.717, 1.165) is 17.7 Å². The van der Waals surface area contributed by atoms with E-state index in [0.29, 0.717) is 12.1 Å². The highest BCUT2D eigenvalue weighted by atomic mass is 16.2. The number of amides is 3. The fraction of sp³-hybridized carbons (Fsp3) is 0.375. The third-order valence-corrected chi connectivity index (χ3v) is 5.46. The molecule has 6 nitrogen and oxygen atoms in total. The predicted octanol–water partition coefficient (Wildman–Crippen LogP) is 3.36. The molecule has 3 amide bonds. The molecular formula is C24H29N3O3. The molecule has 2 aromatic rings. The minimum Gasteiger partial charge on any atom is -0.312 e. The Balaban J connectivity index is 1.56. The van der Waals surface area contributed by atoms with E-state index in [1.807, 2.05) is 36.4 Å². The van der Waals surface area contributed by atoms with Crippen molar-refractivity contribution in [1.82, 2.24) is 10.9 Å². The molecule has 1 atom stereocenters. The molecule has 2 aromatic carbocycles. The second-order valence-corrected chi connectivity index (χ2v) is 8.70. The van der Waals surface area contributed by atoms with Crippen molar-refractivity contribution >= 4 is 23.4 Å². The summed E-state index contributed by atoms with van der Waals surface area (Å²) in [6.07, 6.45) is 1.05. The second kappa shape index (κ2) is 8.69. The third-order valence-electron chi connectivity index (χ3n) is 5.46. The summed E-state index contributed by atoms with van der Waals surface area (Å²) in [6.45, 7) is 8.68. The van der Waals surface area contributed by atoms with Crippen LogP contribution in [0.1, 0.15) is 55.6 Å². The molecule has 3 rings (SSSR count). The van der Waals surface area contributed by atoms with Crippen molar-refractivity contribution in [2.75, 3.05) is 11.4 Å². The van der Waals surface area contributed by atoms with E-state index in [1.54, 1.807) is 17.0 Å². The monoisotopic (exact) mass is 407 g/mol. The molecule has 1 fully saturated rings. The summed E-state index contributed by atoms with van der Waals surface area (Å²) in [6, 6.07) is 15.1. The molecule has 0 aliphatic carbocycles. The number of hydrogen-bond donors (Lipinski definition) is 2. The van der Waals surface area contributed by atoms with Gasteiger partial charge in [-0.15, -0.1) is 0 Å². The lowest BCUT2D eigenvalue weighted by Crippen LogP contribution is -2.45. The summed E-state index contributed by atoms with van der Waals surface area (Å²) < 4.78 is 0. The van der Waals surface area contributed by atoms with E-state index >= 15 is 0 Å². The lowest BCUT2D eigenvalue weighted by atomic mass is 9.87. The number of anilines is 1. The van der Waals surface area contributed by atoms with E-state index in [2.05, 4.69) is 38.5 Å². The topological polar surface area (TPSA) is 78.5 Å². The molecule has 1 saturated heterocycles. The molecular weight excluding hydrogens is 378 g/mol. The summed E-state index contributed by atoms with van der Waals surface area (Å²) in [7, 11) is 0. The number of nitrogens with zero attached hydrogens (tertiary/aromatic N) is 1. The zero-order valence-corrected chi connectivity index (χ0v) is 18.0. The van der Waals surface area contributed by atoms with Crippen molar-refractivity contribution in [3.63, 3.8) is 0 Å². The first-order chi connectivity index (χ1) is 14.2. The van der Waals surface area contributed by atoms with Gasteiger partial charge in [0, 0.05) is 24.2 Å². The van der Waals surface area contributed by atoms with Gasteiger partial charge in [-0.3, -0.25) is 25.2 Å². The van der Waals surface area contributed by atoms with E-state index in [4.69, 9.17) is 0 Å². The lowest BCUT2D eigenvalue weighted by molar-refractivity contribution is -0.126. The van der Waals surface area contributed by atoms with Crippen LogP contribution in [0.4, 0.5) is 5.69 Å². The molecule has 30 heavy (non-hydrogen) atoms. The van der Waals surface area contributed by atoms with Crippen molar-refractivity contribution in [1.29, 1.82) is 0 Å².